The lowest BCUT2D eigenvalue weighted by atomic mass is 9.91. The van der Waals surface area contributed by atoms with Gasteiger partial charge in [0.05, 0.1) is 6.54 Å². The lowest BCUT2D eigenvalue weighted by molar-refractivity contribution is -0.139. The molecule has 0 unspecified atom stereocenters. The van der Waals surface area contributed by atoms with Crippen LogP contribution < -0.4 is 5.32 Å². The van der Waals surface area contributed by atoms with Crippen LogP contribution in [-0.4, -0.2) is 40.7 Å². The average Bonchev–Trinajstić information content (AvgIpc) is 3.26. The molecule has 1 N–H and O–H groups in total. The van der Waals surface area contributed by atoms with Gasteiger partial charge in [0.2, 0.25) is 5.91 Å². The maximum atomic E-state index is 14.2. The summed E-state index contributed by atoms with van der Waals surface area (Å²) >= 11 is 1.47. The number of rotatable bonds is 7. The summed E-state index contributed by atoms with van der Waals surface area (Å²) in [7, 11) is 0. The van der Waals surface area contributed by atoms with E-state index in [1.54, 1.807) is 6.08 Å². The Balaban J connectivity index is 1.81. The van der Waals surface area contributed by atoms with Crippen molar-refractivity contribution in [3.63, 3.8) is 0 Å². The maximum Gasteiger partial charge on any atom is 0.325 e. The van der Waals surface area contributed by atoms with E-state index < -0.39 is 41.6 Å². The molecule has 1 aromatic carbocycles. The van der Waals surface area contributed by atoms with Crippen LogP contribution in [0.1, 0.15) is 17.4 Å². The van der Waals surface area contributed by atoms with Crippen molar-refractivity contribution in [1.82, 2.24) is 15.1 Å². The predicted molar refractivity (Wildman–Crippen MR) is 104 cm³/mol. The first-order chi connectivity index (χ1) is 13.8. The third kappa shape index (κ3) is 4.04. The van der Waals surface area contributed by atoms with E-state index in [4.69, 9.17) is 0 Å². The first-order valence-corrected chi connectivity index (χ1v) is 9.65. The predicted octanol–water partition coefficient (Wildman–Crippen LogP) is 3.01. The van der Waals surface area contributed by atoms with Crippen LogP contribution in [0, 0.1) is 11.6 Å². The van der Waals surface area contributed by atoms with Crippen molar-refractivity contribution >= 4 is 29.2 Å². The quantitative estimate of drug-likeness (QED) is 0.554. The molecule has 1 saturated heterocycles. The highest BCUT2D eigenvalue weighted by Crippen LogP contribution is 2.31. The number of halogens is 2. The molecule has 1 aromatic heterocycles. The molecule has 0 radical (unpaired) electrons. The number of urea groups is 1. The second-order valence-electron chi connectivity index (χ2n) is 6.71. The van der Waals surface area contributed by atoms with E-state index >= 15 is 0 Å². The molecule has 0 saturated carbocycles. The van der Waals surface area contributed by atoms with E-state index in [1.807, 2.05) is 17.5 Å². The van der Waals surface area contributed by atoms with Crippen LogP contribution in [0.2, 0.25) is 0 Å². The van der Waals surface area contributed by atoms with Crippen molar-refractivity contribution in [2.75, 3.05) is 13.1 Å². The van der Waals surface area contributed by atoms with Gasteiger partial charge in [0, 0.05) is 17.0 Å². The second-order valence-corrected chi connectivity index (χ2v) is 7.75. The van der Waals surface area contributed by atoms with Crippen molar-refractivity contribution in [1.29, 1.82) is 0 Å². The van der Waals surface area contributed by atoms with Crippen molar-refractivity contribution < 1.29 is 23.2 Å². The van der Waals surface area contributed by atoms with Crippen LogP contribution >= 0.6 is 11.3 Å². The third-order valence-electron chi connectivity index (χ3n) is 4.66. The van der Waals surface area contributed by atoms with Gasteiger partial charge < -0.3 is 10.2 Å². The van der Waals surface area contributed by atoms with Crippen LogP contribution in [0.15, 0.2) is 48.4 Å². The topological polar surface area (TPSA) is 69.7 Å². The first kappa shape index (κ1) is 20.7. The fraction of sp³-hybridized carbons (Fsp3) is 0.250. The summed E-state index contributed by atoms with van der Waals surface area (Å²) in [5.74, 6) is -2.87. The lowest BCUT2D eigenvalue weighted by Crippen LogP contribution is -2.44. The number of nitrogens with one attached hydrogen (secondary N) is 1. The number of amides is 4. The zero-order valence-electron chi connectivity index (χ0n) is 15.7. The summed E-state index contributed by atoms with van der Waals surface area (Å²) < 4.78 is 27.8. The average molecular weight is 419 g/mol. The summed E-state index contributed by atoms with van der Waals surface area (Å²) in [6.07, 6.45) is 1.55. The van der Waals surface area contributed by atoms with Gasteiger partial charge in [0.15, 0.2) is 0 Å². The van der Waals surface area contributed by atoms with Crippen molar-refractivity contribution in [3.8, 4) is 0 Å². The van der Waals surface area contributed by atoms with Gasteiger partial charge in [-0.15, -0.1) is 17.9 Å². The van der Waals surface area contributed by atoms with E-state index in [0.717, 1.165) is 28.0 Å². The molecule has 0 aliphatic carbocycles. The minimum absolute atomic E-state index is 0.232. The molecular formula is C20H19F2N3O3S. The van der Waals surface area contributed by atoms with Crippen molar-refractivity contribution in [2.45, 2.75) is 19.0 Å². The number of nitrogens with zero attached hydrogens (tertiary/aromatic N) is 2. The zero-order valence-corrected chi connectivity index (χ0v) is 16.5. The molecule has 1 atom stereocenters. The molecule has 152 valence electrons. The first-order valence-electron chi connectivity index (χ1n) is 8.77. The van der Waals surface area contributed by atoms with Gasteiger partial charge in [0.1, 0.15) is 23.7 Å². The molecule has 2 heterocycles. The summed E-state index contributed by atoms with van der Waals surface area (Å²) in [6, 6.07) is 5.54. The highest BCUT2D eigenvalue weighted by molar-refractivity contribution is 7.09. The van der Waals surface area contributed by atoms with Crippen molar-refractivity contribution in [2.24, 2.45) is 0 Å². The van der Waals surface area contributed by atoms with Crippen LogP contribution in [0.4, 0.5) is 13.6 Å². The molecule has 9 heteroatoms. The molecular weight excluding hydrogens is 400 g/mol. The largest absolute Gasteiger partial charge is 0.332 e. The Morgan fingerprint density at radius 1 is 1.34 bits per heavy atom. The molecule has 6 nitrogen and oxygen atoms in total. The molecule has 4 amide bonds. The van der Waals surface area contributed by atoms with Gasteiger partial charge >= 0.3 is 6.03 Å². The fourth-order valence-corrected chi connectivity index (χ4v) is 3.86. The van der Waals surface area contributed by atoms with Gasteiger partial charge in [-0.1, -0.05) is 12.1 Å². The zero-order chi connectivity index (χ0) is 21.2. The van der Waals surface area contributed by atoms with Crippen molar-refractivity contribution in [3.05, 3.63) is 70.4 Å². The van der Waals surface area contributed by atoms with Gasteiger partial charge in [-0.3, -0.25) is 14.5 Å². The summed E-state index contributed by atoms with van der Waals surface area (Å²) in [5.41, 5.74) is -2.10. The number of carbonyl (C=O) groups excluding carboxylic acids is 3. The molecule has 3 rings (SSSR count). The summed E-state index contributed by atoms with van der Waals surface area (Å²) in [6.45, 7) is 4.93. The molecule has 2 aromatic rings. The molecule has 0 spiro atoms. The number of benzene rings is 1. The van der Waals surface area contributed by atoms with E-state index in [-0.39, 0.29) is 12.1 Å². The van der Waals surface area contributed by atoms with Crippen LogP contribution in [-0.2, 0) is 21.7 Å². The van der Waals surface area contributed by atoms with E-state index in [0.29, 0.717) is 6.54 Å². The number of hydrogen-bond donors (Lipinski definition) is 1. The number of thiophene rings is 1. The summed E-state index contributed by atoms with van der Waals surface area (Å²) in [5, 5.41) is 4.26. The SMILES string of the molecule is C=CCN(Cc1cccs1)C(=O)CN1C(=O)N[C@](C)(c2cc(F)ccc2F)C1=O. The standard InChI is InChI=1S/C20H19F2N3O3S/c1-3-8-24(11-14-5-4-9-29-14)17(26)12-25-18(27)20(2,23-19(25)28)15-10-13(21)6-7-16(15)22/h3-7,9-10H,1,8,11-12H2,2H3,(H,23,28)/t20-/m1/s1. The number of carbonyl (C=O) groups is 3. The summed E-state index contributed by atoms with van der Waals surface area (Å²) in [4.78, 5) is 41.2. The van der Waals surface area contributed by atoms with E-state index in [9.17, 15) is 23.2 Å². The Labute approximate surface area is 170 Å². The van der Waals surface area contributed by atoms with Crippen LogP contribution in [0.3, 0.4) is 0 Å². The molecule has 29 heavy (non-hydrogen) atoms. The second kappa shape index (κ2) is 8.12. The van der Waals surface area contributed by atoms with Crippen LogP contribution in [0.25, 0.3) is 0 Å². The molecule has 0 bridgehead atoms. The van der Waals surface area contributed by atoms with Crippen LogP contribution in [0.5, 0.6) is 0 Å². The third-order valence-corrected chi connectivity index (χ3v) is 5.53. The Kier molecular flexibility index (Phi) is 5.78. The Morgan fingerprint density at radius 3 is 2.76 bits per heavy atom. The minimum Gasteiger partial charge on any atom is -0.332 e. The molecule has 1 aliphatic heterocycles. The van der Waals surface area contributed by atoms with Gasteiger partial charge in [-0.2, -0.15) is 0 Å². The maximum absolute atomic E-state index is 14.2. The minimum atomic E-state index is -1.80. The highest BCUT2D eigenvalue weighted by Gasteiger charge is 2.51. The number of imide groups is 1. The monoisotopic (exact) mass is 419 g/mol. The lowest BCUT2D eigenvalue weighted by Gasteiger charge is -2.24. The Morgan fingerprint density at radius 2 is 2.10 bits per heavy atom. The van der Waals surface area contributed by atoms with Gasteiger partial charge in [-0.05, 0) is 36.6 Å². The van der Waals surface area contributed by atoms with Gasteiger partial charge in [-0.25, -0.2) is 13.6 Å². The number of hydrogen-bond acceptors (Lipinski definition) is 4. The Bertz CT molecular complexity index is 964. The van der Waals surface area contributed by atoms with E-state index in [1.165, 1.54) is 23.2 Å². The molecule has 1 aliphatic rings. The van der Waals surface area contributed by atoms with Gasteiger partial charge in [0.25, 0.3) is 5.91 Å². The fourth-order valence-electron chi connectivity index (χ4n) is 3.14. The normalized spacial score (nSPS) is 18.7. The van der Waals surface area contributed by atoms with E-state index in [2.05, 4.69) is 11.9 Å². The molecule has 1 fully saturated rings. The Hall–Kier alpha value is -3.07. The smallest absolute Gasteiger partial charge is 0.325 e. The highest BCUT2D eigenvalue weighted by atomic mass is 32.1.